The molecule has 0 amide bonds. The van der Waals surface area contributed by atoms with Crippen molar-refractivity contribution in [1.82, 2.24) is 0 Å². The number of carboxylic acid groups (broad SMARTS) is 1. The molecule has 0 aromatic rings. The van der Waals surface area contributed by atoms with Gasteiger partial charge in [0.05, 0.1) is 10.4 Å². The van der Waals surface area contributed by atoms with E-state index in [0.717, 1.165) is 0 Å². The number of alkyl halides is 1. The smallest absolute Gasteiger partial charge is 0.342 e. The van der Waals surface area contributed by atoms with Gasteiger partial charge in [-0.2, -0.15) is 0 Å². The summed E-state index contributed by atoms with van der Waals surface area (Å²) >= 11 is 11.0. The van der Waals surface area contributed by atoms with Gasteiger partial charge in [-0.15, -0.1) is 11.6 Å². The molecule has 1 rings (SSSR count). The predicted octanol–water partition coefficient (Wildman–Crippen LogP) is 0.936. The van der Waals surface area contributed by atoms with E-state index in [1.54, 1.807) is 0 Å². The van der Waals surface area contributed by atoms with Crippen molar-refractivity contribution in [2.24, 2.45) is 0 Å². The molecule has 0 fully saturated rings. The summed E-state index contributed by atoms with van der Waals surface area (Å²) in [4.78, 5) is 10.5. The van der Waals surface area contributed by atoms with Crippen LogP contribution < -0.4 is 0 Å². The van der Waals surface area contributed by atoms with E-state index >= 15 is 0 Å². The molecule has 0 heterocycles. The Balaban J connectivity index is 3.00. The van der Waals surface area contributed by atoms with Crippen molar-refractivity contribution in [2.45, 2.75) is 17.4 Å². The summed E-state index contributed by atoms with van der Waals surface area (Å²) in [7, 11) is 0. The molecule has 0 aromatic carbocycles. The second kappa shape index (κ2) is 2.66. The van der Waals surface area contributed by atoms with Crippen LogP contribution in [0.3, 0.4) is 0 Å². The van der Waals surface area contributed by atoms with Gasteiger partial charge in [-0.05, 0) is 6.42 Å². The Morgan fingerprint density at radius 2 is 2.36 bits per heavy atom. The van der Waals surface area contributed by atoms with Gasteiger partial charge in [0.15, 0.2) is 0 Å². The lowest BCUT2D eigenvalue weighted by Crippen LogP contribution is -2.44. The van der Waals surface area contributed by atoms with Crippen LogP contribution in [0.2, 0.25) is 0 Å². The van der Waals surface area contributed by atoms with Crippen LogP contribution in [0, 0.1) is 0 Å². The average molecular weight is 197 g/mol. The first-order chi connectivity index (χ1) is 4.99. The van der Waals surface area contributed by atoms with Crippen LogP contribution in [0.4, 0.5) is 0 Å². The Morgan fingerprint density at radius 1 is 1.82 bits per heavy atom. The Morgan fingerprint density at radius 3 is 2.55 bits per heavy atom. The number of hydrogen-bond donors (Lipinski definition) is 2. The van der Waals surface area contributed by atoms with Gasteiger partial charge in [0.2, 0.25) is 5.60 Å². The maximum atomic E-state index is 10.5. The summed E-state index contributed by atoms with van der Waals surface area (Å²) in [5.41, 5.74) is -2.08. The molecule has 0 aromatic heterocycles. The van der Waals surface area contributed by atoms with Crippen LogP contribution in [0.5, 0.6) is 0 Å². The summed E-state index contributed by atoms with van der Waals surface area (Å²) in [6.45, 7) is 0. The molecule has 3 nitrogen and oxygen atoms in total. The number of carboxylic acids is 1. The van der Waals surface area contributed by atoms with Gasteiger partial charge in [-0.1, -0.05) is 17.7 Å². The number of aliphatic hydroxyl groups is 1. The minimum absolute atomic E-state index is 0.106. The SMILES string of the molecule is O=C(O)C1(O)C(Cl)=CCC1Cl. The molecule has 0 spiro atoms. The first-order valence-corrected chi connectivity index (χ1v) is 3.77. The lowest BCUT2D eigenvalue weighted by atomic mass is 10.0. The van der Waals surface area contributed by atoms with E-state index in [0.29, 0.717) is 0 Å². The van der Waals surface area contributed by atoms with Crippen LogP contribution in [0.25, 0.3) is 0 Å². The highest BCUT2D eigenvalue weighted by molar-refractivity contribution is 6.35. The van der Waals surface area contributed by atoms with Crippen LogP contribution in [0.1, 0.15) is 6.42 Å². The molecule has 0 radical (unpaired) electrons. The summed E-state index contributed by atoms with van der Waals surface area (Å²) in [5, 5.41) is 17.0. The molecule has 1 aliphatic carbocycles. The average Bonchev–Trinajstić information content (AvgIpc) is 2.18. The van der Waals surface area contributed by atoms with Gasteiger partial charge in [0.25, 0.3) is 0 Å². The molecule has 5 heteroatoms. The number of rotatable bonds is 1. The first-order valence-electron chi connectivity index (χ1n) is 2.95. The monoisotopic (exact) mass is 196 g/mol. The molecular formula is C6H6Cl2O3. The zero-order valence-corrected chi connectivity index (χ0v) is 6.93. The fraction of sp³-hybridized carbons (Fsp3) is 0.500. The molecule has 0 saturated carbocycles. The number of allylic oxidation sites excluding steroid dienone is 1. The summed E-state index contributed by atoms with van der Waals surface area (Å²) in [6, 6.07) is 0. The van der Waals surface area contributed by atoms with E-state index in [-0.39, 0.29) is 11.5 Å². The zero-order chi connectivity index (χ0) is 8.65. The molecule has 2 unspecified atom stereocenters. The maximum Gasteiger partial charge on any atom is 0.342 e. The Labute approximate surface area is 73.2 Å². The summed E-state index contributed by atoms with van der Waals surface area (Å²) < 4.78 is 0. The fourth-order valence-corrected chi connectivity index (χ4v) is 1.58. The summed E-state index contributed by atoms with van der Waals surface area (Å²) in [6.07, 6.45) is 1.69. The summed E-state index contributed by atoms with van der Waals surface area (Å²) in [5.74, 6) is -1.41. The molecular weight excluding hydrogens is 191 g/mol. The Bertz CT molecular complexity index is 226. The lowest BCUT2D eigenvalue weighted by molar-refractivity contribution is -0.153. The topological polar surface area (TPSA) is 57.5 Å². The second-order valence-electron chi connectivity index (χ2n) is 2.33. The van der Waals surface area contributed by atoms with E-state index < -0.39 is 16.9 Å². The number of halogens is 2. The van der Waals surface area contributed by atoms with Gasteiger partial charge >= 0.3 is 5.97 Å². The van der Waals surface area contributed by atoms with Crippen LogP contribution in [-0.2, 0) is 4.79 Å². The van der Waals surface area contributed by atoms with Gasteiger partial charge in [0.1, 0.15) is 0 Å². The van der Waals surface area contributed by atoms with Crippen molar-refractivity contribution in [3.8, 4) is 0 Å². The van der Waals surface area contributed by atoms with Crippen molar-refractivity contribution in [3.63, 3.8) is 0 Å². The highest BCUT2D eigenvalue weighted by Gasteiger charge is 2.49. The molecule has 0 aliphatic heterocycles. The maximum absolute atomic E-state index is 10.5. The minimum Gasteiger partial charge on any atom is -0.479 e. The van der Waals surface area contributed by atoms with E-state index in [4.69, 9.17) is 28.3 Å². The van der Waals surface area contributed by atoms with Crippen LogP contribution >= 0.6 is 23.2 Å². The van der Waals surface area contributed by atoms with Crippen molar-refractivity contribution in [1.29, 1.82) is 0 Å². The van der Waals surface area contributed by atoms with Crippen molar-refractivity contribution in [3.05, 3.63) is 11.1 Å². The predicted molar refractivity (Wildman–Crippen MR) is 40.8 cm³/mol. The first kappa shape index (κ1) is 8.84. The third-order valence-electron chi connectivity index (χ3n) is 1.65. The normalized spacial score (nSPS) is 37.0. The molecule has 0 bridgehead atoms. The molecule has 1 aliphatic rings. The van der Waals surface area contributed by atoms with E-state index in [1.165, 1.54) is 6.08 Å². The Hall–Kier alpha value is -0.250. The fourth-order valence-electron chi connectivity index (χ4n) is 0.919. The molecule has 11 heavy (non-hydrogen) atoms. The quantitative estimate of drug-likeness (QED) is 0.615. The van der Waals surface area contributed by atoms with Gasteiger partial charge in [-0.3, -0.25) is 0 Å². The van der Waals surface area contributed by atoms with Crippen LogP contribution in [-0.4, -0.2) is 27.2 Å². The highest BCUT2D eigenvalue weighted by atomic mass is 35.5. The van der Waals surface area contributed by atoms with Crippen molar-refractivity contribution >= 4 is 29.2 Å². The van der Waals surface area contributed by atoms with Crippen molar-refractivity contribution < 1.29 is 15.0 Å². The second-order valence-corrected chi connectivity index (χ2v) is 3.26. The van der Waals surface area contributed by atoms with E-state index in [9.17, 15) is 9.90 Å². The number of aliphatic carboxylic acids is 1. The van der Waals surface area contributed by atoms with E-state index in [2.05, 4.69) is 0 Å². The standard InChI is InChI=1S/C6H6Cl2O3/c7-3-1-2-4(8)6(3,11)5(9)10/h1,4,11H,2H2,(H,9,10). The largest absolute Gasteiger partial charge is 0.479 e. The minimum atomic E-state index is -2.08. The van der Waals surface area contributed by atoms with Gasteiger partial charge in [-0.25, -0.2) is 4.79 Å². The third kappa shape index (κ3) is 1.13. The van der Waals surface area contributed by atoms with Crippen molar-refractivity contribution in [2.75, 3.05) is 0 Å². The van der Waals surface area contributed by atoms with Gasteiger partial charge < -0.3 is 10.2 Å². The van der Waals surface area contributed by atoms with E-state index in [1.807, 2.05) is 0 Å². The zero-order valence-electron chi connectivity index (χ0n) is 5.42. The highest BCUT2D eigenvalue weighted by Crippen LogP contribution is 2.36. The number of carbonyl (C=O) groups is 1. The van der Waals surface area contributed by atoms with Crippen LogP contribution in [0.15, 0.2) is 11.1 Å². The molecule has 2 atom stereocenters. The molecule has 2 N–H and O–H groups in total. The molecule has 0 saturated heterocycles. The Kier molecular flexibility index (Phi) is 2.14. The molecule has 62 valence electrons. The third-order valence-corrected chi connectivity index (χ3v) is 2.58. The van der Waals surface area contributed by atoms with Gasteiger partial charge in [0, 0.05) is 0 Å². The lowest BCUT2D eigenvalue weighted by Gasteiger charge is -2.21. The number of hydrogen-bond acceptors (Lipinski definition) is 2.